The molecule has 1 aliphatic rings. The molecule has 1 unspecified atom stereocenters. The van der Waals surface area contributed by atoms with Crippen LogP contribution in [0.1, 0.15) is 58.2 Å². The van der Waals surface area contributed by atoms with Gasteiger partial charge in [-0.3, -0.25) is 9.79 Å². The van der Waals surface area contributed by atoms with Gasteiger partial charge in [-0.2, -0.15) is 0 Å². The number of ether oxygens (including phenoxy) is 1. The van der Waals surface area contributed by atoms with Gasteiger partial charge in [-0.15, -0.1) is 0 Å². The molecule has 1 atom stereocenters. The largest absolute Gasteiger partial charge is 0.507 e. The molecule has 136 valence electrons. The van der Waals surface area contributed by atoms with Gasteiger partial charge in [-0.1, -0.05) is 39.0 Å². The lowest BCUT2D eigenvalue weighted by Gasteiger charge is -2.31. The normalized spacial score (nSPS) is 19.1. The zero-order valence-electron chi connectivity index (χ0n) is 16.2. The Kier molecular flexibility index (Phi) is 4.18. The maximum atomic E-state index is 11.5. The van der Waals surface area contributed by atoms with Crippen molar-refractivity contribution in [1.82, 2.24) is 0 Å². The van der Waals surface area contributed by atoms with E-state index in [1.165, 1.54) is 6.92 Å². The van der Waals surface area contributed by atoms with Crippen LogP contribution in [0.4, 0.5) is 5.69 Å². The minimum Gasteiger partial charge on any atom is -0.507 e. The molecule has 0 amide bonds. The van der Waals surface area contributed by atoms with Gasteiger partial charge in [-0.25, -0.2) is 0 Å². The summed E-state index contributed by atoms with van der Waals surface area (Å²) in [6.45, 7) is 11.5. The van der Waals surface area contributed by atoms with E-state index in [9.17, 15) is 9.90 Å². The Morgan fingerprint density at radius 1 is 1.15 bits per heavy atom. The van der Waals surface area contributed by atoms with Crippen molar-refractivity contribution in [2.75, 3.05) is 0 Å². The first-order valence-electron chi connectivity index (χ1n) is 8.77. The van der Waals surface area contributed by atoms with Gasteiger partial charge in [0.05, 0.1) is 11.1 Å². The highest BCUT2D eigenvalue weighted by Crippen LogP contribution is 2.50. The Morgan fingerprint density at radius 3 is 2.42 bits per heavy atom. The van der Waals surface area contributed by atoms with Gasteiger partial charge >= 0.3 is 5.97 Å². The van der Waals surface area contributed by atoms with Crippen molar-refractivity contribution in [3.8, 4) is 11.5 Å². The van der Waals surface area contributed by atoms with Gasteiger partial charge in [0.1, 0.15) is 11.5 Å². The molecule has 0 spiro atoms. The summed E-state index contributed by atoms with van der Waals surface area (Å²) in [6, 6.07) is 11.4. The van der Waals surface area contributed by atoms with Crippen LogP contribution in [-0.4, -0.2) is 16.8 Å². The molecule has 0 saturated carbocycles. The molecular weight excluding hydrogens is 326 g/mol. The average Bonchev–Trinajstić information content (AvgIpc) is 2.79. The molecule has 4 heteroatoms. The Bertz CT molecular complexity index is 921. The summed E-state index contributed by atoms with van der Waals surface area (Å²) >= 11 is 0. The van der Waals surface area contributed by atoms with Crippen molar-refractivity contribution in [1.29, 1.82) is 0 Å². The first-order valence-corrected chi connectivity index (χ1v) is 8.77. The van der Waals surface area contributed by atoms with Crippen LogP contribution in [0.15, 0.2) is 41.4 Å². The van der Waals surface area contributed by atoms with E-state index in [1.54, 1.807) is 12.1 Å². The summed E-state index contributed by atoms with van der Waals surface area (Å²) in [7, 11) is 0. The number of carbonyl (C=O) groups excluding carboxylic acids is 1. The van der Waals surface area contributed by atoms with Crippen molar-refractivity contribution in [2.24, 2.45) is 4.99 Å². The molecule has 1 N–H and O–H groups in total. The number of aromatic hydroxyl groups is 1. The number of hydrogen-bond donors (Lipinski definition) is 1. The zero-order chi connectivity index (χ0) is 19.3. The van der Waals surface area contributed by atoms with Crippen molar-refractivity contribution in [3.63, 3.8) is 0 Å². The molecule has 0 saturated heterocycles. The van der Waals surface area contributed by atoms with Crippen molar-refractivity contribution >= 4 is 17.4 Å². The second-order valence-corrected chi connectivity index (χ2v) is 8.05. The molecule has 0 aliphatic carbocycles. The average molecular weight is 351 g/mol. The lowest BCUT2D eigenvalue weighted by atomic mass is 9.71. The zero-order valence-corrected chi connectivity index (χ0v) is 16.2. The van der Waals surface area contributed by atoms with Crippen LogP contribution in [0.25, 0.3) is 0 Å². The molecule has 26 heavy (non-hydrogen) atoms. The fourth-order valence-corrected chi connectivity index (χ4v) is 3.61. The quantitative estimate of drug-likeness (QED) is 0.610. The monoisotopic (exact) mass is 351 g/mol. The third-order valence-corrected chi connectivity index (χ3v) is 5.15. The fourth-order valence-electron chi connectivity index (χ4n) is 3.61. The van der Waals surface area contributed by atoms with Crippen LogP contribution in [0.2, 0.25) is 0 Å². The lowest BCUT2D eigenvalue weighted by Crippen LogP contribution is -2.30. The van der Waals surface area contributed by atoms with Gasteiger partial charge < -0.3 is 9.84 Å². The molecule has 2 aromatic carbocycles. The number of phenolic OH excluding ortho intramolecular Hbond substituents is 1. The molecule has 0 radical (unpaired) electrons. The highest BCUT2D eigenvalue weighted by atomic mass is 16.5. The number of hydrogen-bond acceptors (Lipinski definition) is 4. The molecule has 3 rings (SSSR count). The molecule has 0 bridgehead atoms. The summed E-state index contributed by atoms with van der Waals surface area (Å²) in [4.78, 5) is 16.2. The van der Waals surface area contributed by atoms with Gasteiger partial charge in [-0.05, 0) is 43.0 Å². The third-order valence-electron chi connectivity index (χ3n) is 5.15. The Morgan fingerprint density at radius 2 is 1.81 bits per heavy atom. The standard InChI is InChI=1S/C22H25NO3/c1-13-22(6,16-9-7-8-10-19(16)23-13)18-12-15(26-14(2)24)11-17(20(18)25)21(3,4)5/h7-12,25H,1-6H3. The lowest BCUT2D eigenvalue weighted by molar-refractivity contribution is -0.131. The minimum absolute atomic E-state index is 0.224. The smallest absolute Gasteiger partial charge is 0.308 e. The number of phenols is 1. The summed E-state index contributed by atoms with van der Waals surface area (Å²) in [5.41, 5.74) is 3.38. The molecule has 1 heterocycles. The first kappa shape index (κ1) is 18.2. The number of carbonyl (C=O) groups is 1. The van der Waals surface area contributed by atoms with Crippen molar-refractivity contribution < 1.29 is 14.6 Å². The number of esters is 1. The van der Waals surface area contributed by atoms with Gasteiger partial charge in [0.15, 0.2) is 0 Å². The van der Waals surface area contributed by atoms with Crippen LogP contribution in [0, 0.1) is 0 Å². The van der Waals surface area contributed by atoms with Crippen molar-refractivity contribution in [3.05, 3.63) is 53.1 Å². The van der Waals surface area contributed by atoms with E-state index in [0.29, 0.717) is 11.3 Å². The molecular formula is C22H25NO3. The number of para-hydroxylation sites is 1. The number of rotatable bonds is 2. The van der Waals surface area contributed by atoms with Crippen LogP contribution < -0.4 is 4.74 Å². The second kappa shape index (κ2) is 5.97. The molecule has 1 aliphatic heterocycles. The highest BCUT2D eigenvalue weighted by Gasteiger charge is 2.41. The Labute approximate surface area is 154 Å². The number of nitrogens with zero attached hydrogens (tertiary/aromatic N) is 1. The van der Waals surface area contributed by atoms with Crippen LogP contribution >= 0.6 is 0 Å². The Hall–Kier alpha value is -2.62. The summed E-state index contributed by atoms with van der Waals surface area (Å²) in [6.07, 6.45) is 0. The van der Waals surface area contributed by atoms with Gasteiger partial charge in [0, 0.05) is 23.8 Å². The van der Waals surface area contributed by atoms with E-state index < -0.39 is 5.41 Å². The van der Waals surface area contributed by atoms with Gasteiger partial charge in [0.25, 0.3) is 0 Å². The predicted octanol–water partition coefficient (Wildman–Crippen LogP) is 5.03. The molecule has 4 nitrogen and oxygen atoms in total. The minimum atomic E-state index is -0.586. The summed E-state index contributed by atoms with van der Waals surface area (Å²) < 4.78 is 5.38. The SMILES string of the molecule is CC(=O)Oc1cc(C(C)(C)C)c(O)c(C2(C)C(C)=Nc3ccccc32)c1. The van der Waals surface area contributed by atoms with Gasteiger partial charge in [0.2, 0.25) is 0 Å². The predicted molar refractivity (Wildman–Crippen MR) is 104 cm³/mol. The van der Waals surface area contributed by atoms with E-state index in [4.69, 9.17) is 9.73 Å². The van der Waals surface area contributed by atoms with Crippen LogP contribution in [0.3, 0.4) is 0 Å². The van der Waals surface area contributed by atoms with Crippen LogP contribution in [0.5, 0.6) is 11.5 Å². The topological polar surface area (TPSA) is 58.9 Å². The van der Waals surface area contributed by atoms with E-state index in [-0.39, 0.29) is 17.1 Å². The number of fused-ring (bicyclic) bond motifs is 1. The van der Waals surface area contributed by atoms with E-state index in [2.05, 4.69) is 6.92 Å². The fraction of sp³-hybridized carbons (Fsp3) is 0.364. The summed E-state index contributed by atoms with van der Waals surface area (Å²) in [5, 5.41) is 11.2. The van der Waals surface area contributed by atoms with E-state index in [1.807, 2.05) is 52.0 Å². The van der Waals surface area contributed by atoms with E-state index in [0.717, 1.165) is 22.5 Å². The number of aliphatic imine (C=N–C) groups is 1. The van der Waals surface area contributed by atoms with Crippen LogP contribution in [-0.2, 0) is 15.6 Å². The maximum absolute atomic E-state index is 11.5. The second-order valence-electron chi connectivity index (χ2n) is 8.05. The highest BCUT2D eigenvalue weighted by molar-refractivity contribution is 6.03. The summed E-state index contributed by atoms with van der Waals surface area (Å²) in [5.74, 6) is 0.277. The van der Waals surface area contributed by atoms with E-state index >= 15 is 0 Å². The molecule has 0 fully saturated rings. The first-order chi connectivity index (χ1) is 12.0. The third kappa shape index (κ3) is 2.79. The number of benzene rings is 2. The molecule has 0 aromatic heterocycles. The molecule has 2 aromatic rings. The Balaban J connectivity index is 2.31. The van der Waals surface area contributed by atoms with Crippen molar-refractivity contribution in [2.45, 2.75) is 52.4 Å². The maximum Gasteiger partial charge on any atom is 0.308 e.